The van der Waals surface area contributed by atoms with Crippen LogP contribution < -0.4 is 5.73 Å². The fourth-order valence-electron chi connectivity index (χ4n) is 1.95. The van der Waals surface area contributed by atoms with Crippen molar-refractivity contribution in [2.75, 3.05) is 6.54 Å². The molecular weight excluding hydrogens is 285 g/mol. The molecule has 0 radical (unpaired) electrons. The van der Waals surface area contributed by atoms with Crippen molar-refractivity contribution >= 4 is 15.9 Å². The highest BCUT2D eigenvalue weighted by Crippen LogP contribution is 2.36. The lowest BCUT2D eigenvalue weighted by Gasteiger charge is -2.25. The molecular formula is C12H21BrFN3. The zero-order valence-electron chi connectivity index (χ0n) is 10.8. The zero-order chi connectivity index (χ0) is 13.2. The third-order valence-corrected chi connectivity index (χ3v) is 3.65. The number of nitrogens with zero attached hydrogens (tertiary/aromatic N) is 2. The van der Waals surface area contributed by atoms with Gasteiger partial charge in [0.1, 0.15) is 6.17 Å². The highest BCUT2D eigenvalue weighted by Gasteiger charge is 2.30. The molecule has 1 heterocycles. The minimum atomic E-state index is -1.08. The maximum absolute atomic E-state index is 14.6. The van der Waals surface area contributed by atoms with Crippen LogP contribution in [0.25, 0.3) is 0 Å². The van der Waals surface area contributed by atoms with Crippen LogP contribution in [0.15, 0.2) is 10.7 Å². The van der Waals surface area contributed by atoms with E-state index in [2.05, 4.69) is 21.0 Å². The van der Waals surface area contributed by atoms with Gasteiger partial charge in [-0.1, -0.05) is 13.8 Å². The number of alkyl halides is 1. The van der Waals surface area contributed by atoms with Gasteiger partial charge in [0.2, 0.25) is 0 Å². The topological polar surface area (TPSA) is 43.8 Å². The van der Waals surface area contributed by atoms with Crippen molar-refractivity contribution in [2.45, 2.75) is 39.9 Å². The van der Waals surface area contributed by atoms with Crippen LogP contribution in [0.4, 0.5) is 4.39 Å². The van der Waals surface area contributed by atoms with Crippen LogP contribution in [0, 0.1) is 11.8 Å². The van der Waals surface area contributed by atoms with Gasteiger partial charge in [-0.05, 0) is 42.2 Å². The fourth-order valence-corrected chi connectivity index (χ4v) is 2.44. The predicted molar refractivity (Wildman–Crippen MR) is 71.5 cm³/mol. The van der Waals surface area contributed by atoms with Crippen LogP contribution in [0.3, 0.4) is 0 Å². The van der Waals surface area contributed by atoms with Crippen molar-refractivity contribution in [2.24, 2.45) is 17.6 Å². The third kappa shape index (κ3) is 3.07. The average Bonchev–Trinajstić information content (AvgIpc) is 2.60. The Bertz CT molecular complexity index is 363. The Morgan fingerprint density at radius 3 is 2.41 bits per heavy atom. The van der Waals surface area contributed by atoms with E-state index in [1.807, 2.05) is 27.7 Å². The number of rotatable bonds is 5. The summed E-state index contributed by atoms with van der Waals surface area (Å²) >= 11 is 3.37. The Labute approximate surface area is 111 Å². The van der Waals surface area contributed by atoms with Gasteiger partial charge in [-0.15, -0.1) is 0 Å². The van der Waals surface area contributed by atoms with Gasteiger partial charge in [0.25, 0.3) is 0 Å². The minimum absolute atomic E-state index is 0.139. The lowest BCUT2D eigenvalue weighted by atomic mass is 9.89. The first-order valence-corrected chi connectivity index (χ1v) is 6.76. The number of halogens is 2. The molecule has 3 nitrogen and oxygen atoms in total. The maximum Gasteiger partial charge on any atom is 0.147 e. The lowest BCUT2D eigenvalue weighted by Crippen LogP contribution is -2.26. The Hall–Kier alpha value is -0.420. The van der Waals surface area contributed by atoms with E-state index in [0.717, 1.165) is 4.47 Å². The molecule has 2 N–H and O–H groups in total. The second-order valence-corrected chi connectivity index (χ2v) is 5.82. The molecule has 0 aliphatic rings. The van der Waals surface area contributed by atoms with E-state index < -0.39 is 6.17 Å². The Morgan fingerprint density at radius 2 is 2.00 bits per heavy atom. The first-order chi connectivity index (χ1) is 7.90. The van der Waals surface area contributed by atoms with Crippen LogP contribution >= 0.6 is 15.9 Å². The van der Waals surface area contributed by atoms with Crippen LogP contribution in [0.5, 0.6) is 0 Å². The van der Waals surface area contributed by atoms with E-state index in [9.17, 15) is 4.39 Å². The summed E-state index contributed by atoms with van der Waals surface area (Å²) in [6.07, 6.45) is 0.565. The molecule has 0 amide bonds. The normalized spacial score (nSPS) is 15.6. The summed E-state index contributed by atoms with van der Waals surface area (Å²) in [5, 5.41) is 4.20. The molecule has 1 rings (SSSR count). The Morgan fingerprint density at radius 1 is 1.41 bits per heavy atom. The van der Waals surface area contributed by atoms with Crippen LogP contribution in [-0.4, -0.2) is 16.3 Å². The summed E-state index contributed by atoms with van der Waals surface area (Å²) in [5.74, 6) is 0.0258. The first kappa shape index (κ1) is 14.6. The van der Waals surface area contributed by atoms with Gasteiger partial charge in [0.05, 0.1) is 16.4 Å². The van der Waals surface area contributed by atoms with E-state index >= 15 is 0 Å². The molecule has 2 atom stereocenters. The van der Waals surface area contributed by atoms with E-state index in [1.54, 1.807) is 10.9 Å². The van der Waals surface area contributed by atoms with Crippen LogP contribution in [-0.2, 0) is 0 Å². The molecule has 1 aromatic heterocycles. The van der Waals surface area contributed by atoms with E-state index in [1.165, 1.54) is 0 Å². The second-order valence-electron chi connectivity index (χ2n) is 4.96. The molecule has 0 fully saturated rings. The maximum atomic E-state index is 14.6. The van der Waals surface area contributed by atoms with Gasteiger partial charge in [-0.2, -0.15) is 5.10 Å². The third-order valence-electron chi connectivity index (χ3n) is 3.04. The minimum Gasteiger partial charge on any atom is -0.330 e. The van der Waals surface area contributed by atoms with Crippen molar-refractivity contribution in [3.63, 3.8) is 0 Å². The summed E-state index contributed by atoms with van der Waals surface area (Å²) in [6, 6.07) is 0.139. The van der Waals surface area contributed by atoms with Gasteiger partial charge in [-0.25, -0.2) is 4.39 Å². The number of aromatic nitrogens is 2. The van der Waals surface area contributed by atoms with Crippen molar-refractivity contribution in [3.8, 4) is 0 Å². The summed E-state index contributed by atoms with van der Waals surface area (Å²) < 4.78 is 17.0. The smallest absolute Gasteiger partial charge is 0.147 e. The number of nitrogens with two attached hydrogens (primary N) is 1. The fraction of sp³-hybridized carbons (Fsp3) is 0.750. The molecule has 0 saturated heterocycles. The Kier molecular flexibility index (Phi) is 5.13. The monoisotopic (exact) mass is 305 g/mol. The van der Waals surface area contributed by atoms with Gasteiger partial charge < -0.3 is 5.73 Å². The van der Waals surface area contributed by atoms with Crippen LogP contribution in [0.2, 0.25) is 0 Å². The van der Waals surface area contributed by atoms with Crippen molar-refractivity contribution in [1.29, 1.82) is 0 Å². The molecule has 0 saturated carbocycles. The summed E-state index contributed by atoms with van der Waals surface area (Å²) in [5.41, 5.74) is 6.27. The van der Waals surface area contributed by atoms with Gasteiger partial charge >= 0.3 is 0 Å². The van der Waals surface area contributed by atoms with E-state index in [0.29, 0.717) is 12.2 Å². The van der Waals surface area contributed by atoms with Crippen molar-refractivity contribution in [1.82, 2.24) is 9.78 Å². The lowest BCUT2D eigenvalue weighted by molar-refractivity contribution is 0.174. The zero-order valence-corrected chi connectivity index (χ0v) is 12.4. The molecule has 17 heavy (non-hydrogen) atoms. The van der Waals surface area contributed by atoms with Gasteiger partial charge in [0, 0.05) is 12.0 Å². The number of hydrogen-bond donors (Lipinski definition) is 1. The molecule has 1 aromatic rings. The summed E-state index contributed by atoms with van der Waals surface area (Å²) in [6.45, 7) is 8.31. The molecule has 0 aromatic carbocycles. The molecule has 5 heteroatoms. The molecule has 98 valence electrons. The standard InChI is InChI=1S/C12H21BrFN3/c1-7(2)9(5-15)11(14)12-10(13)6-16-17(12)8(3)4/h6-9,11H,5,15H2,1-4H3. The SMILES string of the molecule is CC(C)C(CN)C(F)c1c(Br)cnn1C(C)C. The van der Waals surface area contributed by atoms with Crippen molar-refractivity contribution in [3.05, 3.63) is 16.4 Å². The van der Waals surface area contributed by atoms with E-state index in [4.69, 9.17) is 5.73 Å². The molecule has 0 bridgehead atoms. The van der Waals surface area contributed by atoms with Gasteiger partial charge in [-0.3, -0.25) is 4.68 Å². The molecule has 2 unspecified atom stereocenters. The van der Waals surface area contributed by atoms with Gasteiger partial charge in [0.15, 0.2) is 0 Å². The summed E-state index contributed by atoms with van der Waals surface area (Å²) in [7, 11) is 0. The highest BCUT2D eigenvalue weighted by molar-refractivity contribution is 9.10. The highest BCUT2D eigenvalue weighted by atomic mass is 79.9. The Balaban J connectivity index is 3.09. The largest absolute Gasteiger partial charge is 0.330 e. The van der Waals surface area contributed by atoms with E-state index in [-0.39, 0.29) is 17.9 Å². The second kappa shape index (κ2) is 5.96. The van der Waals surface area contributed by atoms with Crippen LogP contribution in [0.1, 0.15) is 45.6 Å². The average molecular weight is 306 g/mol. The first-order valence-electron chi connectivity index (χ1n) is 5.97. The molecule has 0 aliphatic heterocycles. The summed E-state index contributed by atoms with van der Waals surface area (Å²) in [4.78, 5) is 0. The molecule has 0 aliphatic carbocycles. The number of hydrogen-bond acceptors (Lipinski definition) is 2. The quantitative estimate of drug-likeness (QED) is 0.905. The van der Waals surface area contributed by atoms with Crippen molar-refractivity contribution < 1.29 is 4.39 Å². The molecule has 0 spiro atoms. The predicted octanol–water partition coefficient (Wildman–Crippen LogP) is 3.47.